The van der Waals surface area contributed by atoms with Crippen LogP contribution in [0.2, 0.25) is 0 Å². The topological polar surface area (TPSA) is 397 Å². The number of nitrogens with two attached hydrogens (primary N) is 3. The highest BCUT2D eigenvalue weighted by atomic mass is 32.1. The van der Waals surface area contributed by atoms with Crippen molar-refractivity contribution in [3.8, 4) is 0 Å². The summed E-state index contributed by atoms with van der Waals surface area (Å²) in [7, 11) is 0. The van der Waals surface area contributed by atoms with Crippen LogP contribution in [0.25, 0.3) is 0 Å². The fraction of sp³-hybridized carbons (Fsp3) is 0.667. The van der Waals surface area contributed by atoms with E-state index in [1.165, 1.54) is 29.9 Å². The second kappa shape index (κ2) is 30.6. The maximum absolute atomic E-state index is 14.1. The number of hydrogen-bond donors (Lipinski definition) is 14. The molecule has 16 N–H and O–H groups in total. The molecule has 1 aliphatic rings. The number of nitrogens with one attached hydrogen (secondary N) is 9. The SMILES string of the molecule is CC(C)C[C@H](NC(=O)[C@H](Cc1cnc[nH]1)NC(=O)[C@H](CCCCN)NC(=O)CNC(=O)[C@H](CCCCN)NC(=O)[C@@H](NC(=O)[C@@H](N)Cc1cnc[nH]1)C(C)C)C(=O)N[C@@H](CS)C(=O)N1CCC[C@H]1C(=O)O. The van der Waals surface area contributed by atoms with Crippen LogP contribution in [0.3, 0.4) is 0 Å². The molecule has 25 nitrogen and oxygen atoms in total. The second-order valence-corrected chi connectivity index (χ2v) is 18.8. The Labute approximate surface area is 419 Å². The molecule has 396 valence electrons. The summed E-state index contributed by atoms with van der Waals surface area (Å²) in [5.74, 6) is -7.43. The van der Waals surface area contributed by atoms with E-state index in [9.17, 15) is 48.3 Å². The summed E-state index contributed by atoms with van der Waals surface area (Å²) in [6, 6.07) is -9.19. The summed E-state index contributed by atoms with van der Waals surface area (Å²) in [6.45, 7) is 7.28. The Morgan fingerprint density at radius 2 is 1.24 bits per heavy atom. The predicted octanol–water partition coefficient (Wildman–Crippen LogP) is -2.76. The van der Waals surface area contributed by atoms with E-state index in [4.69, 9.17) is 17.2 Å². The van der Waals surface area contributed by atoms with Gasteiger partial charge in [-0.05, 0) is 82.7 Å². The average Bonchev–Trinajstić information content (AvgIpc) is 4.15. The molecule has 2 aromatic rings. The molecule has 3 heterocycles. The number of carboxylic acids is 1. The Morgan fingerprint density at radius 3 is 1.77 bits per heavy atom. The Bertz CT molecular complexity index is 2040. The van der Waals surface area contributed by atoms with E-state index in [1.807, 2.05) is 13.8 Å². The second-order valence-electron chi connectivity index (χ2n) is 18.4. The number of rotatable bonds is 32. The maximum Gasteiger partial charge on any atom is 0.326 e. The number of hydrogen-bond acceptors (Lipinski definition) is 15. The third-order valence-electron chi connectivity index (χ3n) is 11.8. The highest BCUT2D eigenvalue weighted by Gasteiger charge is 2.39. The van der Waals surface area contributed by atoms with Gasteiger partial charge in [-0.2, -0.15) is 12.6 Å². The van der Waals surface area contributed by atoms with Crippen molar-refractivity contribution in [2.45, 2.75) is 147 Å². The first-order valence-electron chi connectivity index (χ1n) is 24.1. The molecule has 0 saturated carbocycles. The van der Waals surface area contributed by atoms with Crippen molar-refractivity contribution < 1.29 is 48.3 Å². The smallest absolute Gasteiger partial charge is 0.326 e. The average molecular weight is 1020 g/mol. The first-order chi connectivity index (χ1) is 33.8. The molecule has 0 aliphatic carbocycles. The lowest BCUT2D eigenvalue weighted by molar-refractivity contribution is -0.149. The minimum atomic E-state index is -1.33. The minimum absolute atomic E-state index is 0.0873. The van der Waals surface area contributed by atoms with Crippen LogP contribution in [0.4, 0.5) is 0 Å². The molecule has 8 atom stereocenters. The lowest BCUT2D eigenvalue weighted by atomic mass is 10.0. The molecule has 0 spiro atoms. The lowest BCUT2D eigenvalue weighted by Crippen LogP contribution is -2.60. The number of aromatic nitrogens is 4. The molecule has 71 heavy (non-hydrogen) atoms. The third kappa shape index (κ3) is 19.9. The number of carboxylic acid groups (broad SMARTS) is 1. The monoisotopic (exact) mass is 1020 g/mol. The Balaban J connectivity index is 1.74. The molecule has 1 saturated heterocycles. The summed E-state index contributed by atoms with van der Waals surface area (Å²) < 4.78 is 0. The fourth-order valence-electron chi connectivity index (χ4n) is 7.86. The van der Waals surface area contributed by atoms with Crippen LogP contribution in [0.15, 0.2) is 25.0 Å². The number of thiol groups is 1. The molecule has 0 radical (unpaired) electrons. The van der Waals surface area contributed by atoms with Gasteiger partial charge in [0.25, 0.3) is 0 Å². The quantitative estimate of drug-likeness (QED) is 0.0261. The van der Waals surface area contributed by atoms with Crippen molar-refractivity contribution in [1.82, 2.24) is 62.1 Å². The standard InChI is InChI=1S/C45H75N15O10S/c1-25(2)16-32(41(65)58-34(22-71)44(68)60-15-9-12-35(60)45(69)70)56-42(66)33(18-28-20-50-24-53-28)57-40(64)31(11-6-8-14-47)54-36(61)21-51-39(63)30(10-5-7-13-46)55-43(67)37(26(3)4)59-38(62)29(48)17-27-19-49-23-52-27/h19-20,23-26,29-35,37,71H,5-18,21-22,46-48H2,1-4H3,(H,49,52)(H,50,53)(H,51,63)(H,54,61)(H,55,67)(H,56,66)(H,57,64)(H,58,65)(H,59,62)(H,69,70)/t29-,30-,31-,32-,33-,34-,35-,37-/m0/s1. The van der Waals surface area contributed by atoms with Gasteiger partial charge in [0.2, 0.25) is 47.3 Å². The largest absolute Gasteiger partial charge is 0.480 e. The third-order valence-corrected chi connectivity index (χ3v) is 12.1. The molecule has 3 rings (SSSR count). The molecular weight excluding hydrogens is 943 g/mol. The molecular formula is C45H75N15O10S. The summed E-state index contributed by atoms with van der Waals surface area (Å²) >= 11 is 4.25. The maximum atomic E-state index is 14.1. The molecule has 0 unspecified atom stereocenters. The van der Waals surface area contributed by atoms with Gasteiger partial charge in [-0.15, -0.1) is 0 Å². The molecule has 1 aliphatic heterocycles. The van der Waals surface area contributed by atoms with Gasteiger partial charge in [0, 0.05) is 48.9 Å². The zero-order chi connectivity index (χ0) is 52.6. The highest BCUT2D eigenvalue weighted by Crippen LogP contribution is 2.19. The van der Waals surface area contributed by atoms with Gasteiger partial charge in [0.15, 0.2) is 0 Å². The number of likely N-dealkylation sites (tertiary alicyclic amines) is 1. The zero-order valence-electron chi connectivity index (χ0n) is 41.0. The Morgan fingerprint density at radius 1 is 0.704 bits per heavy atom. The van der Waals surface area contributed by atoms with E-state index in [2.05, 4.69) is 69.8 Å². The van der Waals surface area contributed by atoms with Crippen LogP contribution in [0, 0.1) is 11.8 Å². The van der Waals surface area contributed by atoms with E-state index in [0.29, 0.717) is 50.0 Å². The number of imidazole rings is 2. The van der Waals surface area contributed by atoms with E-state index in [0.717, 1.165) is 0 Å². The van der Waals surface area contributed by atoms with Crippen LogP contribution >= 0.6 is 12.6 Å². The Kier molecular flexibility index (Phi) is 25.5. The van der Waals surface area contributed by atoms with Crippen LogP contribution < -0.4 is 54.4 Å². The molecule has 8 amide bonds. The number of amides is 8. The van der Waals surface area contributed by atoms with Gasteiger partial charge in [0.1, 0.15) is 42.3 Å². The van der Waals surface area contributed by atoms with Gasteiger partial charge in [-0.1, -0.05) is 27.7 Å². The van der Waals surface area contributed by atoms with E-state index in [1.54, 1.807) is 13.8 Å². The summed E-state index contributed by atoms with van der Waals surface area (Å²) in [5, 5.41) is 28.2. The van der Waals surface area contributed by atoms with Crippen molar-refractivity contribution in [1.29, 1.82) is 0 Å². The zero-order valence-corrected chi connectivity index (χ0v) is 41.9. The summed E-state index contributed by atoms with van der Waals surface area (Å²) in [5.41, 5.74) is 18.6. The Hall–Kier alpha value is -6.12. The van der Waals surface area contributed by atoms with Gasteiger partial charge in [-0.3, -0.25) is 38.4 Å². The summed E-state index contributed by atoms with van der Waals surface area (Å²) in [6.07, 6.45) is 8.80. The molecule has 26 heteroatoms. The van der Waals surface area contributed by atoms with Crippen molar-refractivity contribution in [2.24, 2.45) is 29.0 Å². The number of unbranched alkanes of at least 4 members (excludes halogenated alkanes) is 2. The minimum Gasteiger partial charge on any atom is -0.480 e. The molecule has 0 bridgehead atoms. The normalized spacial score (nSPS) is 16.4. The summed E-state index contributed by atoms with van der Waals surface area (Å²) in [4.78, 5) is 136. The van der Waals surface area contributed by atoms with Crippen molar-refractivity contribution in [3.05, 3.63) is 36.4 Å². The van der Waals surface area contributed by atoms with Gasteiger partial charge in [0.05, 0.1) is 25.2 Å². The first-order valence-corrected chi connectivity index (χ1v) is 24.8. The number of H-pyrrole nitrogens is 2. The van der Waals surface area contributed by atoms with Gasteiger partial charge < -0.3 is 74.4 Å². The fourth-order valence-corrected chi connectivity index (χ4v) is 8.11. The van der Waals surface area contributed by atoms with Gasteiger partial charge >= 0.3 is 5.97 Å². The number of carbonyl (C=O) groups is 9. The predicted molar refractivity (Wildman–Crippen MR) is 263 cm³/mol. The van der Waals surface area contributed by atoms with Crippen molar-refractivity contribution in [3.63, 3.8) is 0 Å². The molecule has 1 fully saturated rings. The number of aromatic amines is 2. The van der Waals surface area contributed by atoms with Gasteiger partial charge in [-0.25, -0.2) is 14.8 Å². The van der Waals surface area contributed by atoms with E-state index >= 15 is 0 Å². The first kappa shape index (κ1) is 59.2. The van der Waals surface area contributed by atoms with Crippen molar-refractivity contribution >= 4 is 65.9 Å². The number of aliphatic carboxylic acids is 1. The van der Waals surface area contributed by atoms with Crippen LogP contribution in [0.1, 0.15) is 96.9 Å². The number of nitrogens with zero attached hydrogens (tertiary/aromatic N) is 3. The van der Waals surface area contributed by atoms with Crippen LogP contribution in [0.5, 0.6) is 0 Å². The molecule has 2 aromatic heterocycles. The number of carbonyl (C=O) groups excluding carboxylic acids is 8. The van der Waals surface area contributed by atoms with Crippen molar-refractivity contribution in [2.75, 3.05) is 31.9 Å². The molecule has 0 aromatic carbocycles. The van der Waals surface area contributed by atoms with Crippen LogP contribution in [-0.2, 0) is 56.0 Å². The highest BCUT2D eigenvalue weighted by molar-refractivity contribution is 7.80. The van der Waals surface area contributed by atoms with E-state index < -0.39 is 114 Å². The lowest BCUT2D eigenvalue weighted by Gasteiger charge is -2.29. The van der Waals surface area contributed by atoms with E-state index in [-0.39, 0.29) is 63.3 Å². The van der Waals surface area contributed by atoms with Crippen LogP contribution in [-0.4, -0.2) is 163 Å².